The van der Waals surface area contributed by atoms with Gasteiger partial charge >= 0.3 is 0 Å². The molecule has 0 fully saturated rings. The summed E-state index contributed by atoms with van der Waals surface area (Å²) < 4.78 is 44.2. The molecule has 0 bridgehead atoms. The maximum absolute atomic E-state index is 13.4. The highest BCUT2D eigenvalue weighted by Gasteiger charge is 2.17. The summed E-state index contributed by atoms with van der Waals surface area (Å²) in [5.74, 6) is -3.74. The number of hydrogen-bond donors (Lipinski definition) is 2. The molecule has 8 heteroatoms. The summed E-state index contributed by atoms with van der Waals surface area (Å²) in [6, 6.07) is 7.43. The summed E-state index contributed by atoms with van der Waals surface area (Å²) in [7, 11) is 0. The third-order valence-electron chi connectivity index (χ3n) is 2.97. The lowest BCUT2D eigenvalue weighted by Gasteiger charge is -2.15. The average Bonchev–Trinajstić information content (AvgIpc) is 2.54. The van der Waals surface area contributed by atoms with E-state index in [1.165, 1.54) is 31.2 Å². The zero-order valence-electron chi connectivity index (χ0n) is 12.5. The average molecular weight is 338 g/mol. The fourth-order valence-electron chi connectivity index (χ4n) is 1.73. The van der Waals surface area contributed by atoms with Crippen LogP contribution in [0, 0.1) is 17.5 Å². The summed E-state index contributed by atoms with van der Waals surface area (Å²) in [6.45, 7) is 1.41. The van der Waals surface area contributed by atoms with Crippen molar-refractivity contribution in [2.45, 2.75) is 13.0 Å². The highest BCUT2D eigenvalue weighted by atomic mass is 19.1. The van der Waals surface area contributed by atoms with Crippen molar-refractivity contribution >= 4 is 11.8 Å². The van der Waals surface area contributed by atoms with Gasteiger partial charge in [0.1, 0.15) is 23.2 Å². The molecule has 126 valence electrons. The van der Waals surface area contributed by atoms with E-state index in [1.54, 1.807) is 0 Å². The molecule has 0 aliphatic rings. The van der Waals surface area contributed by atoms with Crippen LogP contribution in [0.5, 0.6) is 5.75 Å². The number of benzene rings is 2. The number of carbonyl (C=O) groups is 2. The van der Waals surface area contributed by atoms with Gasteiger partial charge in [0.25, 0.3) is 11.8 Å². The topological polar surface area (TPSA) is 67.4 Å². The van der Waals surface area contributed by atoms with Gasteiger partial charge in [0.05, 0.1) is 5.56 Å². The van der Waals surface area contributed by atoms with Crippen molar-refractivity contribution in [2.24, 2.45) is 0 Å². The highest BCUT2D eigenvalue weighted by Crippen LogP contribution is 2.13. The van der Waals surface area contributed by atoms with E-state index in [1.807, 2.05) is 5.43 Å². The highest BCUT2D eigenvalue weighted by molar-refractivity contribution is 5.95. The summed E-state index contributed by atoms with van der Waals surface area (Å²) >= 11 is 0. The normalized spacial score (nSPS) is 11.5. The van der Waals surface area contributed by atoms with Crippen LogP contribution in [-0.4, -0.2) is 17.9 Å². The second-order valence-electron chi connectivity index (χ2n) is 4.78. The van der Waals surface area contributed by atoms with E-state index in [0.29, 0.717) is 6.07 Å². The molecule has 0 saturated heterocycles. The number of hydrazine groups is 1. The number of carbonyl (C=O) groups excluding carboxylic acids is 2. The van der Waals surface area contributed by atoms with Gasteiger partial charge in [-0.2, -0.15) is 0 Å². The Hall–Kier alpha value is -3.03. The maximum atomic E-state index is 13.4. The predicted molar refractivity (Wildman–Crippen MR) is 78.5 cm³/mol. The number of rotatable bonds is 4. The lowest BCUT2D eigenvalue weighted by molar-refractivity contribution is -0.128. The first-order valence-corrected chi connectivity index (χ1v) is 6.84. The lowest BCUT2D eigenvalue weighted by atomic mass is 10.2. The Labute approximate surface area is 135 Å². The second kappa shape index (κ2) is 7.49. The fraction of sp³-hybridized carbons (Fsp3) is 0.125. The molecular formula is C16H13F3N2O3. The number of halogens is 3. The van der Waals surface area contributed by atoms with Crippen LogP contribution in [-0.2, 0) is 4.79 Å². The van der Waals surface area contributed by atoms with Gasteiger partial charge in [-0.25, -0.2) is 13.2 Å². The Bertz CT molecular complexity index is 751. The number of ether oxygens (including phenoxy) is 1. The molecule has 0 radical (unpaired) electrons. The second-order valence-corrected chi connectivity index (χ2v) is 4.78. The molecule has 2 N–H and O–H groups in total. The molecule has 2 aromatic rings. The number of nitrogens with one attached hydrogen (secondary N) is 2. The van der Waals surface area contributed by atoms with E-state index in [4.69, 9.17) is 4.74 Å². The van der Waals surface area contributed by atoms with Crippen molar-refractivity contribution in [2.75, 3.05) is 0 Å². The predicted octanol–water partition coefficient (Wildman–Crippen LogP) is 2.33. The van der Waals surface area contributed by atoms with Crippen molar-refractivity contribution in [3.05, 3.63) is 65.5 Å². The van der Waals surface area contributed by atoms with Crippen LogP contribution in [0.4, 0.5) is 13.2 Å². The molecule has 2 aromatic carbocycles. The summed E-state index contributed by atoms with van der Waals surface area (Å²) in [6.07, 6.45) is -1.01. The zero-order valence-corrected chi connectivity index (χ0v) is 12.5. The molecule has 2 amide bonds. The molecule has 0 saturated carbocycles. The molecule has 0 aliphatic carbocycles. The molecule has 1 atom stereocenters. The monoisotopic (exact) mass is 338 g/mol. The largest absolute Gasteiger partial charge is 0.481 e. The minimum atomic E-state index is -1.06. The minimum absolute atomic E-state index is 0.259. The van der Waals surface area contributed by atoms with Crippen LogP contribution in [0.1, 0.15) is 17.3 Å². The molecular weight excluding hydrogens is 325 g/mol. The quantitative estimate of drug-likeness (QED) is 0.841. The lowest BCUT2D eigenvalue weighted by Crippen LogP contribution is -2.47. The number of hydrogen-bond acceptors (Lipinski definition) is 3. The van der Waals surface area contributed by atoms with E-state index in [9.17, 15) is 22.8 Å². The van der Waals surface area contributed by atoms with Gasteiger partial charge in [0, 0.05) is 6.07 Å². The van der Waals surface area contributed by atoms with Gasteiger partial charge in [0.2, 0.25) is 0 Å². The van der Waals surface area contributed by atoms with Crippen LogP contribution in [0.2, 0.25) is 0 Å². The van der Waals surface area contributed by atoms with E-state index in [-0.39, 0.29) is 5.75 Å². The third kappa shape index (κ3) is 4.48. The summed E-state index contributed by atoms with van der Waals surface area (Å²) in [5, 5.41) is 0. The van der Waals surface area contributed by atoms with E-state index < -0.39 is 40.9 Å². The maximum Gasteiger partial charge on any atom is 0.279 e. The van der Waals surface area contributed by atoms with Crippen LogP contribution < -0.4 is 15.6 Å². The molecule has 0 unspecified atom stereocenters. The first-order chi connectivity index (χ1) is 11.4. The van der Waals surface area contributed by atoms with E-state index in [0.717, 1.165) is 12.1 Å². The van der Waals surface area contributed by atoms with Gasteiger partial charge in [-0.15, -0.1) is 0 Å². The fourth-order valence-corrected chi connectivity index (χ4v) is 1.73. The number of amides is 2. The minimum Gasteiger partial charge on any atom is -0.481 e. The van der Waals surface area contributed by atoms with Crippen molar-refractivity contribution in [1.82, 2.24) is 10.9 Å². The van der Waals surface area contributed by atoms with Crippen LogP contribution in [0.25, 0.3) is 0 Å². The summed E-state index contributed by atoms with van der Waals surface area (Å²) in [4.78, 5) is 23.5. The SMILES string of the molecule is C[C@H](Oc1ccc(F)cc1)C(=O)NNC(=O)c1ccc(F)cc1F. The first kappa shape index (κ1) is 17.3. The van der Waals surface area contributed by atoms with Gasteiger partial charge in [-0.1, -0.05) is 0 Å². The van der Waals surface area contributed by atoms with Gasteiger partial charge < -0.3 is 4.74 Å². The zero-order chi connectivity index (χ0) is 17.7. The Morgan fingerprint density at radius 3 is 2.21 bits per heavy atom. The Morgan fingerprint density at radius 1 is 0.958 bits per heavy atom. The standard InChI is InChI=1S/C16H13F3N2O3/c1-9(24-12-5-2-10(17)3-6-12)15(22)20-21-16(23)13-7-4-11(18)8-14(13)19/h2-9H,1H3,(H,20,22)(H,21,23)/t9-/m0/s1. The van der Waals surface area contributed by atoms with Crippen molar-refractivity contribution in [1.29, 1.82) is 0 Å². The molecule has 24 heavy (non-hydrogen) atoms. The smallest absolute Gasteiger partial charge is 0.279 e. The molecule has 0 heterocycles. The van der Waals surface area contributed by atoms with Crippen LogP contribution >= 0.6 is 0 Å². The van der Waals surface area contributed by atoms with E-state index in [2.05, 4.69) is 5.43 Å². The van der Waals surface area contributed by atoms with Crippen LogP contribution in [0.3, 0.4) is 0 Å². The van der Waals surface area contributed by atoms with Crippen molar-refractivity contribution in [3.8, 4) is 5.75 Å². The molecule has 0 aliphatic heterocycles. The molecule has 0 aromatic heterocycles. The molecule has 2 rings (SSSR count). The van der Waals surface area contributed by atoms with Crippen LogP contribution in [0.15, 0.2) is 42.5 Å². The summed E-state index contributed by atoms with van der Waals surface area (Å²) in [5.41, 5.74) is 3.62. The van der Waals surface area contributed by atoms with Gasteiger partial charge in [-0.3, -0.25) is 20.4 Å². The Kier molecular flexibility index (Phi) is 5.41. The first-order valence-electron chi connectivity index (χ1n) is 6.84. The van der Waals surface area contributed by atoms with Crippen molar-refractivity contribution < 1.29 is 27.5 Å². The molecule has 0 spiro atoms. The Morgan fingerprint density at radius 2 is 1.58 bits per heavy atom. The third-order valence-corrected chi connectivity index (χ3v) is 2.97. The molecule has 5 nitrogen and oxygen atoms in total. The van der Waals surface area contributed by atoms with Gasteiger partial charge in [0.15, 0.2) is 6.10 Å². The van der Waals surface area contributed by atoms with Crippen molar-refractivity contribution in [3.63, 3.8) is 0 Å². The van der Waals surface area contributed by atoms with Gasteiger partial charge in [-0.05, 0) is 43.3 Å². The van der Waals surface area contributed by atoms with E-state index >= 15 is 0 Å². The Balaban J connectivity index is 1.89.